The van der Waals surface area contributed by atoms with Gasteiger partial charge in [0.15, 0.2) is 5.78 Å². The molecule has 2 heteroatoms. The minimum Gasteiger partial charge on any atom is -0.378 e. The van der Waals surface area contributed by atoms with Gasteiger partial charge in [0.2, 0.25) is 0 Å². The molecule has 0 radical (unpaired) electrons. The van der Waals surface area contributed by atoms with Crippen LogP contribution in [0.4, 0.5) is 0 Å². The minimum atomic E-state index is 0.0100. The Labute approximate surface area is 116 Å². The Hall–Kier alpha value is -1.15. The summed E-state index contributed by atoms with van der Waals surface area (Å²) >= 11 is 0. The van der Waals surface area contributed by atoms with Gasteiger partial charge in [-0.25, -0.2) is 0 Å². The zero-order valence-corrected chi connectivity index (χ0v) is 12.2. The van der Waals surface area contributed by atoms with E-state index in [1.165, 1.54) is 0 Å². The molecule has 1 heterocycles. The van der Waals surface area contributed by atoms with E-state index in [0.29, 0.717) is 12.5 Å². The number of hydrogen-bond donors (Lipinski definition) is 0. The van der Waals surface area contributed by atoms with Crippen molar-refractivity contribution in [3.05, 3.63) is 35.4 Å². The normalized spacial score (nSPS) is 19.6. The van der Waals surface area contributed by atoms with Gasteiger partial charge in [0.1, 0.15) is 0 Å². The van der Waals surface area contributed by atoms with Crippen molar-refractivity contribution in [2.24, 2.45) is 0 Å². The van der Waals surface area contributed by atoms with E-state index in [4.69, 9.17) is 4.74 Å². The molecule has 1 aliphatic heterocycles. The smallest absolute Gasteiger partial charge is 0.163 e. The molecule has 0 spiro atoms. The van der Waals surface area contributed by atoms with E-state index >= 15 is 0 Å². The number of Topliss-reactive ketones (excluding diaryl/α,β-unsaturated/α-hetero) is 1. The predicted molar refractivity (Wildman–Crippen MR) is 77.7 cm³/mol. The molecule has 1 saturated heterocycles. The second-order valence-electron chi connectivity index (χ2n) is 6.39. The molecule has 1 aliphatic rings. The van der Waals surface area contributed by atoms with Gasteiger partial charge in [0.25, 0.3) is 0 Å². The molecule has 104 valence electrons. The van der Waals surface area contributed by atoms with E-state index in [9.17, 15) is 4.79 Å². The maximum atomic E-state index is 12.4. The first-order chi connectivity index (χ1) is 8.98. The standard InChI is InChI=1S/C17H24O2/c1-17(2,3)15-9-5-4-8-14(15)16(18)11-10-13-7-6-12-19-13/h4-5,8-9,13H,6-7,10-12H2,1-3H3. The van der Waals surface area contributed by atoms with Crippen LogP contribution in [0.5, 0.6) is 0 Å². The summed E-state index contributed by atoms with van der Waals surface area (Å²) in [4.78, 5) is 12.4. The quantitative estimate of drug-likeness (QED) is 0.761. The molecule has 0 amide bonds. The van der Waals surface area contributed by atoms with E-state index in [1.807, 2.05) is 18.2 Å². The lowest BCUT2D eigenvalue weighted by Gasteiger charge is -2.22. The number of rotatable bonds is 4. The Morgan fingerprint density at radius 3 is 2.68 bits per heavy atom. The Bertz CT molecular complexity index is 437. The highest BCUT2D eigenvalue weighted by Gasteiger charge is 2.22. The molecule has 1 atom stereocenters. The molecule has 1 unspecified atom stereocenters. The SMILES string of the molecule is CC(C)(C)c1ccccc1C(=O)CCC1CCCO1. The number of benzene rings is 1. The first kappa shape index (κ1) is 14.3. The molecule has 0 aliphatic carbocycles. The van der Waals surface area contributed by atoms with Crippen LogP contribution < -0.4 is 0 Å². The third-order valence-corrected chi connectivity index (χ3v) is 3.75. The van der Waals surface area contributed by atoms with E-state index in [2.05, 4.69) is 26.8 Å². The van der Waals surface area contributed by atoms with Crippen molar-refractivity contribution in [1.82, 2.24) is 0 Å². The fourth-order valence-corrected chi connectivity index (χ4v) is 2.68. The summed E-state index contributed by atoms with van der Waals surface area (Å²) in [6.07, 6.45) is 3.99. The first-order valence-electron chi connectivity index (χ1n) is 7.23. The Balaban J connectivity index is 2.06. The highest BCUT2D eigenvalue weighted by Crippen LogP contribution is 2.27. The lowest BCUT2D eigenvalue weighted by atomic mass is 9.82. The van der Waals surface area contributed by atoms with Crippen molar-refractivity contribution < 1.29 is 9.53 Å². The summed E-state index contributed by atoms with van der Waals surface area (Å²) < 4.78 is 5.58. The summed E-state index contributed by atoms with van der Waals surface area (Å²) in [6.45, 7) is 7.31. The van der Waals surface area contributed by atoms with Gasteiger partial charge in [-0.05, 0) is 30.2 Å². The van der Waals surface area contributed by atoms with Crippen LogP contribution in [0.2, 0.25) is 0 Å². The zero-order chi connectivity index (χ0) is 13.9. The fourth-order valence-electron chi connectivity index (χ4n) is 2.68. The molecular formula is C17H24O2. The van der Waals surface area contributed by atoms with Gasteiger partial charge >= 0.3 is 0 Å². The molecule has 0 bridgehead atoms. The second kappa shape index (κ2) is 5.87. The minimum absolute atomic E-state index is 0.0100. The Morgan fingerprint density at radius 2 is 2.05 bits per heavy atom. The summed E-state index contributed by atoms with van der Waals surface area (Å²) in [6, 6.07) is 7.99. The average Bonchev–Trinajstić information content (AvgIpc) is 2.88. The number of ketones is 1. The molecule has 0 N–H and O–H groups in total. The molecule has 0 aromatic heterocycles. The number of carbonyl (C=O) groups excluding carboxylic acids is 1. The maximum Gasteiger partial charge on any atom is 0.163 e. The van der Waals surface area contributed by atoms with Crippen LogP contribution in [0.3, 0.4) is 0 Å². The van der Waals surface area contributed by atoms with Gasteiger partial charge in [-0.3, -0.25) is 4.79 Å². The van der Waals surface area contributed by atoms with E-state index in [-0.39, 0.29) is 11.2 Å². The number of carbonyl (C=O) groups is 1. The van der Waals surface area contributed by atoms with Crippen LogP contribution >= 0.6 is 0 Å². The van der Waals surface area contributed by atoms with Crippen molar-refractivity contribution in [2.45, 2.75) is 58.0 Å². The largest absolute Gasteiger partial charge is 0.378 e. The highest BCUT2D eigenvalue weighted by molar-refractivity contribution is 5.97. The van der Waals surface area contributed by atoms with Gasteiger partial charge in [-0.1, -0.05) is 45.0 Å². The summed E-state index contributed by atoms with van der Waals surface area (Å²) in [7, 11) is 0. The Kier molecular flexibility index (Phi) is 4.41. The number of ether oxygens (including phenoxy) is 1. The molecule has 1 aromatic rings. The van der Waals surface area contributed by atoms with Crippen molar-refractivity contribution in [2.75, 3.05) is 6.61 Å². The van der Waals surface area contributed by atoms with Crippen LogP contribution in [-0.4, -0.2) is 18.5 Å². The van der Waals surface area contributed by atoms with Crippen molar-refractivity contribution in [3.63, 3.8) is 0 Å². The van der Waals surface area contributed by atoms with Gasteiger partial charge in [0, 0.05) is 18.6 Å². The van der Waals surface area contributed by atoms with Crippen LogP contribution in [0.1, 0.15) is 62.4 Å². The molecule has 19 heavy (non-hydrogen) atoms. The van der Waals surface area contributed by atoms with Crippen molar-refractivity contribution >= 4 is 5.78 Å². The predicted octanol–water partition coefficient (Wildman–Crippen LogP) is 4.13. The fraction of sp³-hybridized carbons (Fsp3) is 0.588. The highest BCUT2D eigenvalue weighted by atomic mass is 16.5. The average molecular weight is 260 g/mol. The molecule has 1 aromatic carbocycles. The van der Waals surface area contributed by atoms with Crippen LogP contribution in [0.15, 0.2) is 24.3 Å². The number of hydrogen-bond acceptors (Lipinski definition) is 2. The molecule has 0 saturated carbocycles. The van der Waals surface area contributed by atoms with Gasteiger partial charge in [0.05, 0.1) is 6.10 Å². The zero-order valence-electron chi connectivity index (χ0n) is 12.2. The second-order valence-corrected chi connectivity index (χ2v) is 6.39. The van der Waals surface area contributed by atoms with E-state index < -0.39 is 0 Å². The molecular weight excluding hydrogens is 236 g/mol. The Morgan fingerprint density at radius 1 is 1.32 bits per heavy atom. The van der Waals surface area contributed by atoms with Gasteiger partial charge in [-0.2, -0.15) is 0 Å². The molecule has 2 nitrogen and oxygen atoms in total. The van der Waals surface area contributed by atoms with Crippen molar-refractivity contribution in [1.29, 1.82) is 0 Å². The maximum absolute atomic E-state index is 12.4. The van der Waals surface area contributed by atoms with Gasteiger partial charge in [-0.15, -0.1) is 0 Å². The molecule has 1 fully saturated rings. The lowest BCUT2D eigenvalue weighted by Crippen LogP contribution is -2.17. The van der Waals surface area contributed by atoms with E-state index in [1.54, 1.807) is 0 Å². The monoisotopic (exact) mass is 260 g/mol. The summed E-state index contributed by atoms with van der Waals surface area (Å²) in [5.74, 6) is 0.251. The van der Waals surface area contributed by atoms with Crippen LogP contribution in [-0.2, 0) is 10.2 Å². The topological polar surface area (TPSA) is 26.3 Å². The third-order valence-electron chi connectivity index (χ3n) is 3.75. The lowest BCUT2D eigenvalue weighted by molar-refractivity contribution is 0.0858. The van der Waals surface area contributed by atoms with Gasteiger partial charge < -0.3 is 4.74 Å². The van der Waals surface area contributed by atoms with Crippen molar-refractivity contribution in [3.8, 4) is 0 Å². The van der Waals surface area contributed by atoms with E-state index in [0.717, 1.165) is 37.0 Å². The van der Waals surface area contributed by atoms with Crippen LogP contribution in [0, 0.1) is 0 Å². The first-order valence-corrected chi connectivity index (χ1v) is 7.23. The summed E-state index contributed by atoms with van der Waals surface area (Å²) in [5.41, 5.74) is 2.04. The summed E-state index contributed by atoms with van der Waals surface area (Å²) in [5, 5.41) is 0. The molecule has 2 rings (SSSR count). The van der Waals surface area contributed by atoms with Crippen LogP contribution in [0.25, 0.3) is 0 Å². The third kappa shape index (κ3) is 3.66.